The zero-order valence-corrected chi connectivity index (χ0v) is 12.6. The van der Waals surface area contributed by atoms with Gasteiger partial charge in [0.25, 0.3) is 0 Å². The summed E-state index contributed by atoms with van der Waals surface area (Å²) in [6, 6.07) is 15.3. The van der Waals surface area contributed by atoms with Crippen LogP contribution in [0.2, 0.25) is 0 Å². The predicted molar refractivity (Wildman–Crippen MR) is 81.0 cm³/mol. The van der Waals surface area contributed by atoms with Crippen LogP contribution in [0.5, 0.6) is 0 Å². The smallest absolute Gasteiger partial charge is 0.0585 e. The lowest BCUT2D eigenvalue weighted by molar-refractivity contribution is 0.688. The molecule has 0 saturated heterocycles. The highest BCUT2D eigenvalue weighted by molar-refractivity contribution is 9.10. The van der Waals surface area contributed by atoms with Crippen LogP contribution in [0.15, 0.2) is 46.9 Å². The molecule has 0 aliphatic heterocycles. The van der Waals surface area contributed by atoms with Crippen LogP contribution in [-0.2, 0) is 0 Å². The van der Waals surface area contributed by atoms with Crippen LogP contribution >= 0.6 is 15.9 Å². The molecule has 0 heterocycles. The molecule has 1 unspecified atom stereocenters. The fourth-order valence-corrected chi connectivity index (χ4v) is 2.90. The van der Waals surface area contributed by atoms with E-state index in [2.05, 4.69) is 71.5 Å². The Morgan fingerprint density at radius 3 is 2.17 bits per heavy atom. The zero-order valence-electron chi connectivity index (χ0n) is 11.0. The van der Waals surface area contributed by atoms with E-state index in [1.54, 1.807) is 0 Å². The fourth-order valence-electron chi connectivity index (χ4n) is 2.39. The summed E-state index contributed by atoms with van der Waals surface area (Å²) in [5.41, 5.74) is 5.18. The maximum Gasteiger partial charge on any atom is 0.0585 e. The Hall–Kier alpha value is -1.12. The topological polar surface area (TPSA) is 12.0 Å². The van der Waals surface area contributed by atoms with Crippen LogP contribution in [0.1, 0.15) is 28.3 Å². The fraction of sp³-hybridized carbons (Fsp3) is 0.250. The molecule has 1 nitrogen and oxygen atoms in total. The van der Waals surface area contributed by atoms with Crippen LogP contribution in [0.25, 0.3) is 0 Å². The lowest BCUT2D eigenvalue weighted by Crippen LogP contribution is -2.18. The van der Waals surface area contributed by atoms with Gasteiger partial charge in [-0.15, -0.1) is 0 Å². The lowest BCUT2D eigenvalue weighted by atomic mass is 9.96. The van der Waals surface area contributed by atoms with Gasteiger partial charge in [0.15, 0.2) is 0 Å². The number of rotatable bonds is 3. The molecule has 2 rings (SSSR count). The number of aryl methyl sites for hydroxylation is 2. The molecule has 2 heteroatoms. The summed E-state index contributed by atoms with van der Waals surface area (Å²) < 4.78 is 1.14. The molecule has 0 aliphatic rings. The number of hydrogen-bond donors (Lipinski definition) is 1. The van der Waals surface area contributed by atoms with E-state index in [0.29, 0.717) is 0 Å². The number of halogens is 1. The summed E-state index contributed by atoms with van der Waals surface area (Å²) >= 11 is 3.63. The van der Waals surface area contributed by atoms with Crippen molar-refractivity contribution < 1.29 is 0 Å². The Bertz CT molecular complexity index is 528. The monoisotopic (exact) mass is 303 g/mol. The van der Waals surface area contributed by atoms with E-state index in [4.69, 9.17) is 0 Å². The molecule has 0 aromatic heterocycles. The van der Waals surface area contributed by atoms with E-state index in [1.165, 1.54) is 22.3 Å². The second-order valence-corrected chi connectivity index (χ2v) is 5.52. The summed E-state index contributed by atoms with van der Waals surface area (Å²) in [5, 5.41) is 3.40. The Morgan fingerprint density at radius 2 is 1.61 bits per heavy atom. The molecule has 2 aromatic rings. The molecule has 1 atom stereocenters. The Kier molecular flexibility index (Phi) is 4.20. The summed E-state index contributed by atoms with van der Waals surface area (Å²) in [6.45, 7) is 4.28. The lowest BCUT2D eigenvalue weighted by Gasteiger charge is -2.19. The van der Waals surface area contributed by atoms with E-state index in [9.17, 15) is 0 Å². The van der Waals surface area contributed by atoms with Gasteiger partial charge < -0.3 is 5.32 Å². The standard InChI is InChI=1S/C16H18BrN/c1-11-8-12(2)10-13(9-11)16(18-3)14-6-4-5-7-15(14)17/h4-10,16,18H,1-3H3. The highest BCUT2D eigenvalue weighted by atomic mass is 79.9. The van der Waals surface area contributed by atoms with E-state index >= 15 is 0 Å². The van der Waals surface area contributed by atoms with Gasteiger partial charge in [-0.3, -0.25) is 0 Å². The molecule has 2 aromatic carbocycles. The first-order valence-corrected chi connectivity index (χ1v) is 6.91. The van der Waals surface area contributed by atoms with Gasteiger partial charge in [-0.05, 0) is 38.1 Å². The van der Waals surface area contributed by atoms with E-state index in [0.717, 1.165) is 4.47 Å². The van der Waals surface area contributed by atoms with E-state index in [1.807, 2.05) is 13.1 Å². The minimum Gasteiger partial charge on any atom is -0.309 e. The van der Waals surface area contributed by atoms with Crippen molar-refractivity contribution in [1.29, 1.82) is 0 Å². The third kappa shape index (κ3) is 2.82. The average Bonchev–Trinajstić information content (AvgIpc) is 2.31. The number of benzene rings is 2. The molecule has 0 radical (unpaired) electrons. The minimum absolute atomic E-state index is 0.221. The van der Waals surface area contributed by atoms with Gasteiger partial charge >= 0.3 is 0 Å². The van der Waals surface area contributed by atoms with Crippen molar-refractivity contribution in [3.63, 3.8) is 0 Å². The highest BCUT2D eigenvalue weighted by Gasteiger charge is 2.14. The van der Waals surface area contributed by atoms with Gasteiger partial charge in [0.2, 0.25) is 0 Å². The third-order valence-corrected chi connectivity index (χ3v) is 3.80. The molecule has 0 amide bonds. The van der Waals surface area contributed by atoms with Gasteiger partial charge in [-0.1, -0.05) is 63.5 Å². The SMILES string of the molecule is CNC(c1cc(C)cc(C)c1)c1ccccc1Br. The van der Waals surface area contributed by atoms with Crippen LogP contribution < -0.4 is 5.32 Å². The van der Waals surface area contributed by atoms with Gasteiger partial charge in [0, 0.05) is 4.47 Å². The molecule has 0 saturated carbocycles. The first-order valence-electron chi connectivity index (χ1n) is 6.11. The first kappa shape index (κ1) is 13.3. The molecule has 1 N–H and O–H groups in total. The second kappa shape index (κ2) is 5.68. The number of nitrogens with one attached hydrogen (secondary N) is 1. The molecule has 0 bridgehead atoms. The van der Waals surface area contributed by atoms with Crippen LogP contribution in [-0.4, -0.2) is 7.05 Å². The minimum atomic E-state index is 0.221. The summed E-state index contributed by atoms with van der Waals surface area (Å²) in [6.07, 6.45) is 0. The van der Waals surface area contributed by atoms with Gasteiger partial charge in [-0.25, -0.2) is 0 Å². The van der Waals surface area contributed by atoms with Crippen LogP contribution in [0, 0.1) is 13.8 Å². The summed E-state index contributed by atoms with van der Waals surface area (Å²) in [4.78, 5) is 0. The Labute approximate surface area is 117 Å². The van der Waals surface area contributed by atoms with Crippen molar-refractivity contribution in [2.75, 3.05) is 7.05 Å². The van der Waals surface area contributed by atoms with E-state index < -0.39 is 0 Å². The molecular weight excluding hydrogens is 286 g/mol. The van der Waals surface area contributed by atoms with Crippen molar-refractivity contribution in [3.8, 4) is 0 Å². The van der Waals surface area contributed by atoms with Gasteiger partial charge in [0.1, 0.15) is 0 Å². The molecular formula is C16H18BrN. The first-order chi connectivity index (χ1) is 8.61. The predicted octanol–water partition coefficient (Wildman–Crippen LogP) is 4.37. The molecule has 0 spiro atoms. The maximum absolute atomic E-state index is 3.63. The van der Waals surface area contributed by atoms with Gasteiger partial charge in [0.05, 0.1) is 6.04 Å². The normalized spacial score (nSPS) is 12.4. The van der Waals surface area contributed by atoms with Crippen molar-refractivity contribution in [2.24, 2.45) is 0 Å². The molecule has 0 aliphatic carbocycles. The summed E-state index contributed by atoms with van der Waals surface area (Å²) in [5.74, 6) is 0. The quantitative estimate of drug-likeness (QED) is 0.887. The number of hydrogen-bond acceptors (Lipinski definition) is 1. The van der Waals surface area contributed by atoms with Crippen LogP contribution in [0.4, 0.5) is 0 Å². The summed E-state index contributed by atoms with van der Waals surface area (Å²) in [7, 11) is 2.00. The molecule has 94 valence electrons. The maximum atomic E-state index is 3.63. The van der Waals surface area contributed by atoms with E-state index in [-0.39, 0.29) is 6.04 Å². The third-order valence-electron chi connectivity index (χ3n) is 3.08. The molecule has 18 heavy (non-hydrogen) atoms. The van der Waals surface area contributed by atoms with Gasteiger partial charge in [-0.2, -0.15) is 0 Å². The average molecular weight is 304 g/mol. The Balaban J connectivity index is 2.48. The van der Waals surface area contributed by atoms with Crippen LogP contribution in [0.3, 0.4) is 0 Å². The van der Waals surface area contributed by atoms with Crippen molar-refractivity contribution in [3.05, 3.63) is 69.2 Å². The zero-order chi connectivity index (χ0) is 13.1. The van der Waals surface area contributed by atoms with Crippen molar-refractivity contribution in [2.45, 2.75) is 19.9 Å². The van der Waals surface area contributed by atoms with Crippen molar-refractivity contribution in [1.82, 2.24) is 5.32 Å². The largest absolute Gasteiger partial charge is 0.309 e. The Morgan fingerprint density at radius 1 is 1.00 bits per heavy atom. The van der Waals surface area contributed by atoms with Crippen molar-refractivity contribution >= 4 is 15.9 Å². The second-order valence-electron chi connectivity index (χ2n) is 4.66. The highest BCUT2D eigenvalue weighted by Crippen LogP contribution is 2.29. The molecule has 0 fully saturated rings.